The third kappa shape index (κ3) is 3.84. The smallest absolute Gasteiger partial charge is 0.222 e. The van der Waals surface area contributed by atoms with E-state index in [0.29, 0.717) is 11.8 Å². The lowest BCUT2D eigenvalue weighted by Crippen LogP contribution is -2.18. The highest BCUT2D eigenvalue weighted by atomic mass is 16.5. The average molecular weight is 339 g/mol. The van der Waals surface area contributed by atoms with Gasteiger partial charge >= 0.3 is 0 Å². The van der Waals surface area contributed by atoms with Crippen molar-refractivity contribution >= 4 is 11.3 Å². The zero-order chi connectivity index (χ0) is 18.7. The first-order valence-electron chi connectivity index (χ1n) is 8.74. The fourth-order valence-corrected chi connectivity index (χ4v) is 2.76. The molecule has 0 saturated carbocycles. The van der Waals surface area contributed by atoms with Crippen LogP contribution in [-0.2, 0) is 0 Å². The largest absolute Gasteiger partial charge is 0.480 e. The maximum absolute atomic E-state index is 5.56. The van der Waals surface area contributed by atoms with Crippen LogP contribution >= 0.6 is 0 Å². The van der Waals surface area contributed by atoms with E-state index < -0.39 is 0 Å². The average Bonchev–Trinajstić information content (AvgIpc) is 2.59. The number of aryl methyl sites for hydroxylation is 1. The molecule has 2 aromatic rings. The third-order valence-corrected chi connectivity index (χ3v) is 4.40. The van der Waals surface area contributed by atoms with Gasteiger partial charge in [0.05, 0.1) is 29.7 Å². The number of methoxy groups -OCH3 is 1. The number of aromatic nitrogens is 2. The Morgan fingerprint density at radius 1 is 1.28 bits per heavy atom. The number of hydrogen-bond acceptors (Lipinski definition) is 4. The summed E-state index contributed by atoms with van der Waals surface area (Å²) in [6.07, 6.45) is 0. The van der Waals surface area contributed by atoms with Crippen LogP contribution in [0.5, 0.6) is 5.88 Å². The highest BCUT2D eigenvalue weighted by Crippen LogP contribution is 2.35. The molecule has 0 aliphatic carbocycles. The van der Waals surface area contributed by atoms with Crippen LogP contribution in [0, 0.1) is 6.92 Å². The fraction of sp³-hybridized carbons (Fsp3) is 0.429. The van der Waals surface area contributed by atoms with Gasteiger partial charge in [-0.3, -0.25) is 0 Å². The minimum Gasteiger partial charge on any atom is -0.480 e. The summed E-state index contributed by atoms with van der Waals surface area (Å²) in [7, 11) is 3.73. The number of pyridine rings is 2. The SMILES string of the molecule is C=C(C)c1nc(-c2ccc(C(C)C)nc2OC)c(C)cc1N(C)CC. The molecule has 25 heavy (non-hydrogen) atoms. The zero-order valence-corrected chi connectivity index (χ0v) is 16.5. The predicted octanol–water partition coefficient (Wildman–Crippen LogP) is 5.07. The molecule has 0 spiro atoms. The quantitative estimate of drug-likeness (QED) is 0.736. The van der Waals surface area contributed by atoms with Crippen molar-refractivity contribution in [3.05, 3.63) is 41.7 Å². The topological polar surface area (TPSA) is 38.3 Å². The van der Waals surface area contributed by atoms with Crippen molar-refractivity contribution in [1.29, 1.82) is 0 Å². The first-order chi connectivity index (χ1) is 11.8. The van der Waals surface area contributed by atoms with Crippen molar-refractivity contribution < 1.29 is 4.74 Å². The molecule has 0 aliphatic rings. The maximum Gasteiger partial charge on any atom is 0.222 e. The van der Waals surface area contributed by atoms with Gasteiger partial charge in [0.15, 0.2) is 0 Å². The molecular formula is C21H29N3O. The summed E-state index contributed by atoms with van der Waals surface area (Å²) in [6, 6.07) is 6.28. The van der Waals surface area contributed by atoms with Gasteiger partial charge in [0, 0.05) is 19.3 Å². The van der Waals surface area contributed by atoms with E-state index >= 15 is 0 Å². The normalized spacial score (nSPS) is 10.9. The lowest BCUT2D eigenvalue weighted by molar-refractivity contribution is 0.397. The second-order valence-electron chi connectivity index (χ2n) is 6.76. The van der Waals surface area contributed by atoms with Crippen LogP contribution in [-0.4, -0.2) is 30.7 Å². The van der Waals surface area contributed by atoms with Crippen LogP contribution in [0.3, 0.4) is 0 Å². The summed E-state index contributed by atoms with van der Waals surface area (Å²) in [5, 5.41) is 0. The lowest BCUT2D eigenvalue weighted by Gasteiger charge is -2.22. The van der Waals surface area contributed by atoms with E-state index in [4.69, 9.17) is 9.72 Å². The van der Waals surface area contributed by atoms with Crippen LogP contribution < -0.4 is 9.64 Å². The highest BCUT2D eigenvalue weighted by molar-refractivity contribution is 5.78. The molecule has 2 aromatic heterocycles. The number of ether oxygens (including phenoxy) is 1. The van der Waals surface area contributed by atoms with Gasteiger partial charge in [-0.25, -0.2) is 9.97 Å². The third-order valence-electron chi connectivity index (χ3n) is 4.40. The van der Waals surface area contributed by atoms with E-state index in [9.17, 15) is 0 Å². The minimum absolute atomic E-state index is 0.351. The second kappa shape index (κ2) is 7.68. The Balaban J connectivity index is 2.67. The van der Waals surface area contributed by atoms with Gasteiger partial charge in [-0.05, 0) is 56.0 Å². The van der Waals surface area contributed by atoms with Crippen LogP contribution in [0.4, 0.5) is 5.69 Å². The van der Waals surface area contributed by atoms with Gasteiger partial charge in [-0.1, -0.05) is 20.4 Å². The molecule has 0 radical (unpaired) electrons. The lowest BCUT2D eigenvalue weighted by atomic mass is 10.0. The first kappa shape index (κ1) is 19.0. The molecule has 0 amide bonds. The number of anilines is 1. The van der Waals surface area contributed by atoms with Gasteiger partial charge in [0.1, 0.15) is 0 Å². The molecule has 4 nitrogen and oxygen atoms in total. The molecule has 0 saturated heterocycles. The molecule has 2 heterocycles. The molecule has 0 fully saturated rings. The summed E-state index contributed by atoms with van der Waals surface area (Å²) < 4.78 is 5.56. The summed E-state index contributed by atoms with van der Waals surface area (Å²) >= 11 is 0. The summed E-state index contributed by atoms with van der Waals surface area (Å²) in [6.45, 7) is 15.5. The Kier molecular flexibility index (Phi) is 5.83. The highest BCUT2D eigenvalue weighted by Gasteiger charge is 2.18. The van der Waals surface area contributed by atoms with Crippen LogP contribution in [0.2, 0.25) is 0 Å². The van der Waals surface area contributed by atoms with Crippen molar-refractivity contribution in [1.82, 2.24) is 9.97 Å². The molecule has 0 bridgehead atoms. The van der Waals surface area contributed by atoms with Gasteiger partial charge in [0.25, 0.3) is 0 Å². The van der Waals surface area contributed by atoms with E-state index in [2.05, 4.69) is 69.4 Å². The summed E-state index contributed by atoms with van der Waals surface area (Å²) in [5.41, 5.74) is 6.88. The van der Waals surface area contributed by atoms with Crippen LogP contribution in [0.15, 0.2) is 24.8 Å². The summed E-state index contributed by atoms with van der Waals surface area (Å²) in [5.74, 6) is 0.967. The summed E-state index contributed by atoms with van der Waals surface area (Å²) in [4.78, 5) is 11.8. The van der Waals surface area contributed by atoms with Gasteiger partial charge in [-0.2, -0.15) is 0 Å². The van der Waals surface area contributed by atoms with E-state index in [1.807, 2.05) is 6.92 Å². The van der Waals surface area contributed by atoms with Crippen molar-refractivity contribution in [2.75, 3.05) is 25.6 Å². The first-order valence-corrected chi connectivity index (χ1v) is 8.74. The van der Waals surface area contributed by atoms with Gasteiger partial charge in [-0.15, -0.1) is 0 Å². The van der Waals surface area contributed by atoms with E-state index in [0.717, 1.165) is 46.0 Å². The molecule has 4 heteroatoms. The molecule has 2 rings (SSSR count). The Bertz CT molecular complexity index is 781. The molecule has 0 N–H and O–H groups in total. The number of rotatable bonds is 6. The Hall–Kier alpha value is -2.36. The van der Waals surface area contributed by atoms with E-state index in [-0.39, 0.29) is 0 Å². The maximum atomic E-state index is 5.56. The van der Waals surface area contributed by atoms with Crippen molar-refractivity contribution in [3.63, 3.8) is 0 Å². The molecule has 0 aliphatic heterocycles. The number of allylic oxidation sites excluding steroid dienone is 1. The number of nitrogens with zero attached hydrogens (tertiary/aromatic N) is 3. The van der Waals surface area contributed by atoms with Crippen molar-refractivity contribution in [2.24, 2.45) is 0 Å². The van der Waals surface area contributed by atoms with Crippen LogP contribution in [0.1, 0.15) is 50.6 Å². The molecular weight excluding hydrogens is 310 g/mol. The van der Waals surface area contributed by atoms with Gasteiger partial charge in [0.2, 0.25) is 5.88 Å². The van der Waals surface area contributed by atoms with Crippen LogP contribution in [0.25, 0.3) is 16.8 Å². The monoisotopic (exact) mass is 339 g/mol. The van der Waals surface area contributed by atoms with Crippen molar-refractivity contribution in [3.8, 4) is 17.1 Å². The Morgan fingerprint density at radius 3 is 2.48 bits per heavy atom. The fourth-order valence-electron chi connectivity index (χ4n) is 2.76. The standard InChI is InChI=1S/C21H29N3O/c1-9-24(7)18-12-15(6)20(23-19(18)14(4)5)16-10-11-17(13(2)3)22-21(16)25-8/h10-13H,4,9H2,1-3,5-8H3. The Morgan fingerprint density at radius 2 is 1.96 bits per heavy atom. The van der Waals surface area contributed by atoms with E-state index in [1.165, 1.54) is 0 Å². The molecule has 0 unspecified atom stereocenters. The minimum atomic E-state index is 0.351. The molecule has 134 valence electrons. The number of hydrogen-bond donors (Lipinski definition) is 0. The zero-order valence-electron chi connectivity index (χ0n) is 16.5. The van der Waals surface area contributed by atoms with Gasteiger partial charge < -0.3 is 9.64 Å². The van der Waals surface area contributed by atoms with Crippen molar-refractivity contribution in [2.45, 2.75) is 40.5 Å². The Labute approximate surface area is 151 Å². The molecule has 0 atom stereocenters. The van der Waals surface area contributed by atoms with E-state index in [1.54, 1.807) is 7.11 Å². The second-order valence-corrected chi connectivity index (χ2v) is 6.76. The molecule has 0 aromatic carbocycles. The predicted molar refractivity (Wildman–Crippen MR) is 106 cm³/mol.